The molecule has 0 amide bonds. The number of nitrogens with zero attached hydrogens (tertiary/aromatic N) is 4. The quantitative estimate of drug-likeness (QED) is 0.326. The summed E-state index contributed by atoms with van der Waals surface area (Å²) in [7, 11) is 0. The first-order valence-electron chi connectivity index (χ1n) is 6.44. The van der Waals surface area contributed by atoms with E-state index < -0.39 is 0 Å². The highest BCUT2D eigenvalue weighted by Gasteiger charge is 2.01. The molecule has 21 heavy (non-hydrogen) atoms. The Bertz CT molecular complexity index is 759. The summed E-state index contributed by atoms with van der Waals surface area (Å²) in [5, 5.41) is 13.1. The molecule has 3 rings (SSSR count). The van der Waals surface area contributed by atoms with Gasteiger partial charge < -0.3 is 0 Å². The van der Waals surface area contributed by atoms with Crippen molar-refractivity contribution in [2.75, 3.05) is 5.43 Å². The molecular formula is C15H13N5S. The molecule has 0 radical (unpaired) electrons. The van der Waals surface area contributed by atoms with Gasteiger partial charge in [0.2, 0.25) is 5.13 Å². The van der Waals surface area contributed by atoms with E-state index in [0.29, 0.717) is 5.84 Å². The fourth-order valence-electron chi connectivity index (χ4n) is 1.70. The van der Waals surface area contributed by atoms with Gasteiger partial charge in [0, 0.05) is 0 Å². The third-order valence-corrected chi connectivity index (χ3v) is 3.61. The standard InChI is InChI=1S/C15H13N5S/c1-11(17-19-12-7-3-2-4-8-12)18-20-15-16-13-9-5-6-10-14(13)21-15/h2-10H,1H3,(H,16,20). The first-order chi connectivity index (χ1) is 10.3. The summed E-state index contributed by atoms with van der Waals surface area (Å²) in [6.07, 6.45) is 0. The number of nitrogens with one attached hydrogen (secondary N) is 1. The molecule has 1 N–H and O–H groups in total. The summed E-state index contributed by atoms with van der Waals surface area (Å²) in [6.45, 7) is 1.78. The van der Waals surface area contributed by atoms with Gasteiger partial charge in [0.15, 0.2) is 5.84 Å². The van der Waals surface area contributed by atoms with Gasteiger partial charge >= 0.3 is 0 Å². The summed E-state index contributed by atoms with van der Waals surface area (Å²) in [5.74, 6) is 0.540. The maximum absolute atomic E-state index is 4.43. The second-order valence-corrected chi connectivity index (χ2v) is 5.32. The van der Waals surface area contributed by atoms with Crippen LogP contribution in [0.2, 0.25) is 0 Å². The minimum Gasteiger partial charge on any atom is -0.251 e. The van der Waals surface area contributed by atoms with Gasteiger partial charge in [-0.15, -0.1) is 10.2 Å². The number of anilines is 1. The third-order valence-electron chi connectivity index (χ3n) is 2.67. The van der Waals surface area contributed by atoms with Gasteiger partial charge in [0.25, 0.3) is 0 Å². The number of fused-ring (bicyclic) bond motifs is 1. The first kappa shape index (κ1) is 13.4. The van der Waals surface area contributed by atoms with E-state index in [1.54, 1.807) is 18.3 Å². The van der Waals surface area contributed by atoms with Gasteiger partial charge in [-0.2, -0.15) is 5.10 Å². The third kappa shape index (κ3) is 3.49. The molecule has 2 aromatic carbocycles. The lowest BCUT2D eigenvalue weighted by molar-refractivity contribution is 1.21. The molecule has 6 heteroatoms. The number of amidine groups is 1. The fraction of sp³-hybridized carbons (Fsp3) is 0.0667. The summed E-state index contributed by atoms with van der Waals surface area (Å²) in [4.78, 5) is 4.43. The Hall–Kier alpha value is -2.60. The first-order valence-corrected chi connectivity index (χ1v) is 7.25. The number of thiazole rings is 1. The predicted octanol–water partition coefficient (Wildman–Crippen LogP) is 4.83. The van der Waals surface area contributed by atoms with Crippen molar-refractivity contribution in [2.45, 2.75) is 6.92 Å². The van der Waals surface area contributed by atoms with Crippen LogP contribution >= 0.6 is 11.3 Å². The predicted molar refractivity (Wildman–Crippen MR) is 87.3 cm³/mol. The lowest BCUT2D eigenvalue weighted by Crippen LogP contribution is -1.93. The van der Waals surface area contributed by atoms with E-state index in [0.717, 1.165) is 21.0 Å². The van der Waals surface area contributed by atoms with Crippen molar-refractivity contribution in [1.82, 2.24) is 4.98 Å². The average molecular weight is 295 g/mol. The zero-order valence-electron chi connectivity index (χ0n) is 11.4. The van der Waals surface area contributed by atoms with Gasteiger partial charge in [-0.1, -0.05) is 41.7 Å². The van der Waals surface area contributed by atoms with Crippen molar-refractivity contribution in [2.24, 2.45) is 15.3 Å². The minimum atomic E-state index is 0.540. The molecule has 0 aliphatic heterocycles. The molecule has 0 unspecified atom stereocenters. The molecule has 0 saturated carbocycles. The average Bonchev–Trinajstić information content (AvgIpc) is 2.95. The van der Waals surface area contributed by atoms with Crippen LogP contribution in [0.15, 0.2) is 69.9 Å². The minimum absolute atomic E-state index is 0.540. The van der Waals surface area contributed by atoms with Crippen molar-refractivity contribution in [3.05, 3.63) is 54.6 Å². The molecule has 0 aliphatic rings. The Balaban J connectivity index is 1.69. The van der Waals surface area contributed by atoms with Crippen LogP contribution in [-0.4, -0.2) is 10.8 Å². The highest BCUT2D eigenvalue weighted by atomic mass is 32.1. The number of hydrogen-bond acceptors (Lipinski definition) is 5. The van der Waals surface area contributed by atoms with Crippen LogP contribution in [0, 0.1) is 0 Å². The van der Waals surface area contributed by atoms with Crippen molar-refractivity contribution < 1.29 is 0 Å². The molecule has 0 atom stereocenters. The van der Waals surface area contributed by atoms with E-state index in [9.17, 15) is 0 Å². The van der Waals surface area contributed by atoms with Crippen LogP contribution in [0.4, 0.5) is 10.8 Å². The number of benzene rings is 2. The summed E-state index contributed by atoms with van der Waals surface area (Å²) in [6, 6.07) is 17.5. The van der Waals surface area contributed by atoms with E-state index in [4.69, 9.17) is 0 Å². The molecule has 1 heterocycles. The summed E-state index contributed by atoms with van der Waals surface area (Å²) >= 11 is 1.55. The van der Waals surface area contributed by atoms with E-state index >= 15 is 0 Å². The molecule has 104 valence electrons. The lowest BCUT2D eigenvalue weighted by Gasteiger charge is -1.94. The van der Waals surface area contributed by atoms with Crippen LogP contribution in [0.5, 0.6) is 0 Å². The molecule has 0 bridgehead atoms. The highest BCUT2D eigenvalue weighted by molar-refractivity contribution is 7.22. The maximum Gasteiger partial charge on any atom is 0.204 e. The maximum atomic E-state index is 4.43. The molecule has 1 aromatic heterocycles. The van der Waals surface area contributed by atoms with Gasteiger partial charge in [0.1, 0.15) is 0 Å². The van der Waals surface area contributed by atoms with E-state index in [1.165, 1.54) is 0 Å². The summed E-state index contributed by atoms with van der Waals surface area (Å²) in [5.41, 5.74) is 4.67. The van der Waals surface area contributed by atoms with Crippen molar-refractivity contribution in [3.8, 4) is 0 Å². The van der Waals surface area contributed by atoms with Gasteiger partial charge in [-0.3, -0.25) is 5.43 Å². The largest absolute Gasteiger partial charge is 0.251 e. The van der Waals surface area contributed by atoms with Gasteiger partial charge in [-0.25, -0.2) is 4.98 Å². The molecule has 0 aliphatic carbocycles. The monoisotopic (exact) mass is 295 g/mol. The second-order valence-electron chi connectivity index (χ2n) is 4.29. The van der Waals surface area contributed by atoms with Crippen LogP contribution in [0.25, 0.3) is 10.2 Å². The van der Waals surface area contributed by atoms with E-state index in [-0.39, 0.29) is 0 Å². The zero-order valence-corrected chi connectivity index (χ0v) is 12.2. The number of hydrogen-bond donors (Lipinski definition) is 1. The Labute approximate surface area is 126 Å². The van der Waals surface area contributed by atoms with Crippen LogP contribution in [0.1, 0.15) is 6.92 Å². The number of rotatable bonds is 3. The van der Waals surface area contributed by atoms with Crippen LogP contribution < -0.4 is 5.43 Å². The van der Waals surface area contributed by atoms with E-state index in [2.05, 4.69) is 25.7 Å². The molecule has 0 fully saturated rings. The van der Waals surface area contributed by atoms with Gasteiger partial charge in [-0.05, 0) is 31.2 Å². The summed E-state index contributed by atoms with van der Waals surface area (Å²) < 4.78 is 1.12. The van der Waals surface area contributed by atoms with Gasteiger partial charge in [0.05, 0.1) is 15.9 Å². The van der Waals surface area contributed by atoms with Crippen molar-refractivity contribution in [3.63, 3.8) is 0 Å². The smallest absolute Gasteiger partial charge is 0.204 e. The Morgan fingerprint density at radius 1 is 1.05 bits per heavy atom. The number of para-hydroxylation sites is 1. The lowest BCUT2D eigenvalue weighted by atomic mass is 10.3. The van der Waals surface area contributed by atoms with Crippen molar-refractivity contribution in [1.29, 1.82) is 0 Å². The zero-order chi connectivity index (χ0) is 14.5. The Kier molecular flexibility index (Phi) is 3.97. The second kappa shape index (κ2) is 6.23. The molecule has 3 aromatic rings. The number of hydrazone groups is 1. The normalized spacial score (nSPS) is 12.1. The fourth-order valence-corrected chi connectivity index (χ4v) is 2.50. The highest BCUT2D eigenvalue weighted by Crippen LogP contribution is 2.25. The topological polar surface area (TPSA) is 62.0 Å². The SMILES string of the molecule is CC(N=Nc1ccccc1)=NNc1nc2ccccc2s1. The van der Waals surface area contributed by atoms with E-state index in [1.807, 2.05) is 54.6 Å². The molecule has 5 nitrogen and oxygen atoms in total. The number of aromatic nitrogens is 1. The van der Waals surface area contributed by atoms with Crippen LogP contribution in [0.3, 0.4) is 0 Å². The Morgan fingerprint density at radius 3 is 2.62 bits per heavy atom. The molecular weight excluding hydrogens is 282 g/mol. The van der Waals surface area contributed by atoms with Crippen molar-refractivity contribution >= 4 is 38.2 Å². The Morgan fingerprint density at radius 2 is 1.81 bits per heavy atom. The number of azo groups is 1. The molecule has 0 saturated heterocycles. The van der Waals surface area contributed by atoms with Crippen LogP contribution in [-0.2, 0) is 0 Å². The molecule has 0 spiro atoms.